The third-order valence-electron chi connectivity index (χ3n) is 8.24. The maximum Gasteiger partial charge on any atom is 0.308 e. The lowest BCUT2D eigenvalue weighted by Gasteiger charge is -2.30. The van der Waals surface area contributed by atoms with Crippen molar-refractivity contribution < 1.29 is 28.9 Å². The SMILES string of the molecule is CCCCN(CCCCN(C)C)C(=O)CN1CC(c2ccc3c(c2)OCO3)C(C(=O)O)C1Cc1ccccc1OC. The molecule has 0 spiro atoms. The molecule has 0 aromatic heterocycles. The second kappa shape index (κ2) is 14.5. The molecule has 2 aliphatic heterocycles. The number of rotatable bonds is 15. The van der Waals surface area contributed by atoms with Crippen molar-refractivity contribution in [2.45, 2.75) is 51.0 Å². The van der Waals surface area contributed by atoms with E-state index in [4.69, 9.17) is 14.2 Å². The summed E-state index contributed by atoms with van der Waals surface area (Å²) in [5.74, 6) is 0.191. The molecule has 1 saturated heterocycles. The van der Waals surface area contributed by atoms with Gasteiger partial charge in [-0.05, 0) is 75.6 Å². The van der Waals surface area contributed by atoms with E-state index < -0.39 is 11.9 Å². The number of hydrogen-bond acceptors (Lipinski definition) is 7. The molecule has 1 fully saturated rings. The van der Waals surface area contributed by atoms with E-state index in [0.29, 0.717) is 31.0 Å². The molecule has 0 radical (unpaired) electrons. The van der Waals surface area contributed by atoms with Crippen molar-refractivity contribution in [2.75, 3.05) is 60.7 Å². The highest BCUT2D eigenvalue weighted by atomic mass is 16.7. The number of carbonyl (C=O) groups is 2. The molecule has 1 N–H and O–H groups in total. The molecule has 3 atom stereocenters. The monoisotopic (exact) mass is 567 g/mol. The molecule has 9 nitrogen and oxygen atoms in total. The van der Waals surface area contributed by atoms with Gasteiger partial charge in [0.1, 0.15) is 5.75 Å². The average molecular weight is 568 g/mol. The predicted molar refractivity (Wildman–Crippen MR) is 158 cm³/mol. The summed E-state index contributed by atoms with van der Waals surface area (Å²) in [6, 6.07) is 13.0. The van der Waals surface area contributed by atoms with Gasteiger partial charge < -0.3 is 29.1 Å². The van der Waals surface area contributed by atoms with Crippen LogP contribution in [0.25, 0.3) is 0 Å². The molecule has 41 heavy (non-hydrogen) atoms. The Morgan fingerprint density at radius 2 is 1.76 bits per heavy atom. The summed E-state index contributed by atoms with van der Waals surface area (Å²) in [6.45, 7) is 5.35. The highest BCUT2D eigenvalue weighted by Gasteiger charge is 2.47. The van der Waals surface area contributed by atoms with Crippen LogP contribution in [0.5, 0.6) is 17.2 Å². The molecule has 2 aliphatic rings. The van der Waals surface area contributed by atoms with Crippen LogP contribution in [-0.4, -0.2) is 98.4 Å². The Labute approximate surface area is 244 Å². The largest absolute Gasteiger partial charge is 0.496 e. The number of fused-ring (bicyclic) bond motifs is 1. The first-order valence-electron chi connectivity index (χ1n) is 14.7. The molecule has 0 bridgehead atoms. The Kier molecular flexibility index (Phi) is 10.9. The van der Waals surface area contributed by atoms with E-state index in [0.717, 1.165) is 55.6 Å². The average Bonchev–Trinajstić information content (AvgIpc) is 3.57. The minimum atomic E-state index is -0.867. The molecule has 4 rings (SSSR count). The van der Waals surface area contributed by atoms with Crippen molar-refractivity contribution in [1.29, 1.82) is 0 Å². The number of amides is 1. The van der Waals surface area contributed by atoms with Crippen LogP contribution < -0.4 is 14.2 Å². The van der Waals surface area contributed by atoms with Gasteiger partial charge in [-0.3, -0.25) is 14.5 Å². The van der Waals surface area contributed by atoms with Crippen LogP contribution in [0.4, 0.5) is 0 Å². The lowest BCUT2D eigenvalue weighted by molar-refractivity contribution is -0.143. The number of nitrogens with zero attached hydrogens (tertiary/aromatic N) is 3. The number of aliphatic carboxylic acids is 1. The van der Waals surface area contributed by atoms with Crippen molar-refractivity contribution >= 4 is 11.9 Å². The molecule has 0 saturated carbocycles. The zero-order valence-corrected chi connectivity index (χ0v) is 24.9. The lowest BCUT2D eigenvalue weighted by Crippen LogP contribution is -2.45. The molecule has 3 unspecified atom stereocenters. The first kappa shape index (κ1) is 30.7. The maximum absolute atomic E-state index is 13.8. The summed E-state index contributed by atoms with van der Waals surface area (Å²) in [6.07, 6.45) is 4.38. The third-order valence-corrected chi connectivity index (χ3v) is 8.24. The Morgan fingerprint density at radius 1 is 1.02 bits per heavy atom. The van der Waals surface area contributed by atoms with E-state index in [1.807, 2.05) is 47.4 Å². The summed E-state index contributed by atoms with van der Waals surface area (Å²) in [4.78, 5) is 32.9. The Morgan fingerprint density at radius 3 is 2.49 bits per heavy atom. The van der Waals surface area contributed by atoms with E-state index in [-0.39, 0.29) is 31.2 Å². The van der Waals surface area contributed by atoms with Gasteiger partial charge in [0.05, 0.1) is 19.6 Å². The number of carboxylic acid groups (broad SMARTS) is 1. The predicted octanol–water partition coefficient (Wildman–Crippen LogP) is 4.11. The summed E-state index contributed by atoms with van der Waals surface area (Å²) < 4.78 is 16.7. The van der Waals surface area contributed by atoms with Gasteiger partial charge in [-0.25, -0.2) is 0 Å². The molecule has 2 aromatic carbocycles. The number of likely N-dealkylation sites (tertiary alicyclic amines) is 1. The zero-order valence-electron chi connectivity index (χ0n) is 24.9. The lowest BCUT2D eigenvalue weighted by atomic mass is 9.83. The first-order valence-corrected chi connectivity index (χ1v) is 14.7. The third kappa shape index (κ3) is 7.71. The van der Waals surface area contributed by atoms with Crippen molar-refractivity contribution in [1.82, 2.24) is 14.7 Å². The number of para-hydroxylation sites is 1. The highest BCUT2D eigenvalue weighted by molar-refractivity contribution is 5.79. The molecule has 2 aromatic rings. The maximum atomic E-state index is 13.8. The van der Waals surface area contributed by atoms with Crippen LogP contribution in [0.3, 0.4) is 0 Å². The van der Waals surface area contributed by atoms with Gasteiger partial charge >= 0.3 is 5.97 Å². The minimum absolute atomic E-state index is 0.0591. The first-order chi connectivity index (χ1) is 19.8. The topological polar surface area (TPSA) is 91.8 Å². The van der Waals surface area contributed by atoms with Crippen LogP contribution in [0.1, 0.15) is 49.7 Å². The van der Waals surface area contributed by atoms with Gasteiger partial charge in [0.15, 0.2) is 11.5 Å². The summed E-state index contributed by atoms with van der Waals surface area (Å²) in [5, 5.41) is 10.6. The summed E-state index contributed by atoms with van der Waals surface area (Å²) in [7, 11) is 5.75. The minimum Gasteiger partial charge on any atom is -0.496 e. The quantitative estimate of drug-likeness (QED) is 0.322. The molecule has 9 heteroatoms. The van der Waals surface area contributed by atoms with Crippen molar-refractivity contribution in [3.05, 3.63) is 53.6 Å². The second-order valence-electron chi connectivity index (χ2n) is 11.3. The summed E-state index contributed by atoms with van der Waals surface area (Å²) >= 11 is 0. The van der Waals surface area contributed by atoms with Gasteiger partial charge in [0, 0.05) is 31.6 Å². The highest BCUT2D eigenvalue weighted by Crippen LogP contribution is 2.43. The normalized spacial score (nSPS) is 20.0. The Balaban J connectivity index is 1.61. The zero-order chi connectivity index (χ0) is 29.4. The molecule has 1 amide bonds. The number of unbranched alkanes of at least 4 members (excludes halogenated alkanes) is 2. The fraction of sp³-hybridized carbons (Fsp3) is 0.562. The van der Waals surface area contributed by atoms with E-state index in [9.17, 15) is 14.7 Å². The Bertz CT molecular complexity index is 1170. The van der Waals surface area contributed by atoms with Crippen LogP contribution in [-0.2, 0) is 16.0 Å². The van der Waals surface area contributed by atoms with Crippen LogP contribution in [0.2, 0.25) is 0 Å². The van der Waals surface area contributed by atoms with E-state index in [2.05, 4.69) is 30.8 Å². The molecular weight excluding hydrogens is 522 g/mol. The van der Waals surface area contributed by atoms with Gasteiger partial charge in [0.2, 0.25) is 12.7 Å². The molecule has 2 heterocycles. The van der Waals surface area contributed by atoms with E-state index >= 15 is 0 Å². The fourth-order valence-corrected chi connectivity index (χ4v) is 6.04. The van der Waals surface area contributed by atoms with E-state index in [1.165, 1.54) is 0 Å². The number of ether oxygens (including phenoxy) is 3. The fourth-order valence-electron chi connectivity index (χ4n) is 6.04. The summed E-state index contributed by atoms with van der Waals surface area (Å²) in [5.41, 5.74) is 1.81. The molecule has 224 valence electrons. The molecular formula is C32H45N3O6. The van der Waals surface area contributed by atoms with Gasteiger partial charge in [-0.15, -0.1) is 0 Å². The van der Waals surface area contributed by atoms with Crippen molar-refractivity contribution in [3.63, 3.8) is 0 Å². The Hall–Kier alpha value is -3.30. The van der Waals surface area contributed by atoms with Crippen LogP contribution in [0.15, 0.2) is 42.5 Å². The van der Waals surface area contributed by atoms with Crippen LogP contribution in [0, 0.1) is 5.92 Å². The number of methoxy groups -OCH3 is 1. The number of benzene rings is 2. The van der Waals surface area contributed by atoms with E-state index in [1.54, 1.807) is 7.11 Å². The number of carboxylic acids is 1. The molecule has 0 aliphatic carbocycles. The van der Waals surface area contributed by atoms with Crippen LogP contribution >= 0.6 is 0 Å². The van der Waals surface area contributed by atoms with Gasteiger partial charge in [-0.2, -0.15) is 0 Å². The number of carbonyl (C=O) groups excluding carboxylic acids is 1. The standard InChI is InChI=1S/C32H45N3O6/c1-5-6-16-34(17-10-9-15-33(2)3)30(36)21-35-20-25(23-13-14-28-29(19-23)41-22-40-28)31(32(37)38)26(35)18-24-11-7-8-12-27(24)39-4/h7-8,11-14,19,25-26,31H,5-6,9-10,15-18,20-22H2,1-4H3,(H,37,38). The number of hydrogen-bond donors (Lipinski definition) is 1. The van der Waals surface area contributed by atoms with Gasteiger partial charge in [0.25, 0.3) is 0 Å². The van der Waals surface area contributed by atoms with Crippen molar-refractivity contribution in [3.8, 4) is 17.2 Å². The smallest absolute Gasteiger partial charge is 0.308 e. The van der Waals surface area contributed by atoms with Gasteiger partial charge in [-0.1, -0.05) is 37.6 Å². The van der Waals surface area contributed by atoms with Crippen molar-refractivity contribution in [2.24, 2.45) is 5.92 Å². The second-order valence-corrected chi connectivity index (χ2v) is 11.3.